The Bertz CT molecular complexity index is 369. The first-order valence-corrected chi connectivity index (χ1v) is 6.48. The zero-order valence-corrected chi connectivity index (χ0v) is 11.4. The molecule has 1 aromatic heterocycles. The fourth-order valence-electron chi connectivity index (χ4n) is 2.56. The molecule has 0 saturated carbocycles. The molecule has 1 aromatic rings. The molecule has 17 heavy (non-hydrogen) atoms. The van der Waals surface area contributed by atoms with E-state index in [0.717, 1.165) is 19.6 Å². The molecule has 1 atom stereocenters. The Balaban J connectivity index is 2.05. The fraction of sp³-hybridized carbons (Fsp3) is 0.769. The number of nitrogens with zero attached hydrogens (tertiary/aromatic N) is 3. The first-order chi connectivity index (χ1) is 8.00. The first-order valence-electron chi connectivity index (χ1n) is 6.48. The maximum atomic E-state index is 4.48. The standard InChI is InChI=1S/C13H24N4/c1-5-12-8-14-13(2,3)10-17(12)9-11-6-7-16(4)15-11/h6-7,12,14H,5,8-10H2,1-4H3. The van der Waals surface area contributed by atoms with E-state index in [1.165, 1.54) is 12.1 Å². The maximum Gasteiger partial charge on any atom is 0.0764 e. The minimum absolute atomic E-state index is 0.209. The molecule has 1 aliphatic rings. The van der Waals surface area contributed by atoms with Gasteiger partial charge in [-0.05, 0) is 26.3 Å². The number of aryl methyl sites for hydroxylation is 1. The molecule has 4 nitrogen and oxygen atoms in total. The summed E-state index contributed by atoms with van der Waals surface area (Å²) in [4.78, 5) is 2.55. The van der Waals surface area contributed by atoms with Gasteiger partial charge in [0.15, 0.2) is 0 Å². The Morgan fingerprint density at radius 3 is 2.88 bits per heavy atom. The van der Waals surface area contributed by atoms with E-state index in [2.05, 4.69) is 42.2 Å². The van der Waals surface area contributed by atoms with Gasteiger partial charge < -0.3 is 5.32 Å². The van der Waals surface area contributed by atoms with Crippen molar-refractivity contribution in [2.24, 2.45) is 7.05 Å². The summed E-state index contributed by atoms with van der Waals surface area (Å²) >= 11 is 0. The third-order valence-corrected chi connectivity index (χ3v) is 3.54. The van der Waals surface area contributed by atoms with E-state index in [0.29, 0.717) is 6.04 Å². The van der Waals surface area contributed by atoms with Crippen LogP contribution in [0.5, 0.6) is 0 Å². The van der Waals surface area contributed by atoms with Crippen LogP contribution in [-0.4, -0.2) is 39.4 Å². The highest BCUT2D eigenvalue weighted by molar-refractivity contribution is 5.01. The number of nitrogens with one attached hydrogen (secondary N) is 1. The average Bonchev–Trinajstić information content (AvgIpc) is 2.63. The lowest BCUT2D eigenvalue weighted by atomic mass is 9.97. The van der Waals surface area contributed by atoms with Gasteiger partial charge in [-0.15, -0.1) is 0 Å². The van der Waals surface area contributed by atoms with E-state index in [1.54, 1.807) is 0 Å². The average molecular weight is 236 g/mol. The first kappa shape index (κ1) is 12.6. The van der Waals surface area contributed by atoms with E-state index in [1.807, 2.05) is 17.9 Å². The molecule has 0 bridgehead atoms. The zero-order chi connectivity index (χ0) is 12.5. The number of piperazine rings is 1. The Hall–Kier alpha value is -0.870. The molecule has 0 radical (unpaired) electrons. The largest absolute Gasteiger partial charge is 0.309 e. The van der Waals surface area contributed by atoms with E-state index < -0.39 is 0 Å². The second-order valence-electron chi connectivity index (χ2n) is 5.71. The number of aromatic nitrogens is 2. The fourth-order valence-corrected chi connectivity index (χ4v) is 2.56. The van der Waals surface area contributed by atoms with Gasteiger partial charge in [-0.2, -0.15) is 5.10 Å². The van der Waals surface area contributed by atoms with Gasteiger partial charge >= 0.3 is 0 Å². The van der Waals surface area contributed by atoms with Crippen LogP contribution in [0.15, 0.2) is 12.3 Å². The molecule has 0 aromatic carbocycles. The number of hydrogen-bond donors (Lipinski definition) is 1. The van der Waals surface area contributed by atoms with Gasteiger partial charge in [0.25, 0.3) is 0 Å². The summed E-state index contributed by atoms with van der Waals surface area (Å²) in [5.74, 6) is 0. The van der Waals surface area contributed by atoms with Crippen molar-refractivity contribution in [3.8, 4) is 0 Å². The van der Waals surface area contributed by atoms with Gasteiger partial charge in [-0.3, -0.25) is 9.58 Å². The van der Waals surface area contributed by atoms with Crippen molar-refractivity contribution in [1.29, 1.82) is 0 Å². The molecule has 0 amide bonds. The second-order valence-corrected chi connectivity index (χ2v) is 5.71. The quantitative estimate of drug-likeness (QED) is 0.861. The van der Waals surface area contributed by atoms with Crippen LogP contribution in [0.3, 0.4) is 0 Å². The molecule has 2 heterocycles. The molecule has 0 spiro atoms. The highest BCUT2D eigenvalue weighted by Gasteiger charge is 2.31. The summed E-state index contributed by atoms with van der Waals surface area (Å²) in [5, 5.41) is 8.09. The molecule has 4 heteroatoms. The van der Waals surface area contributed by atoms with Crippen LogP contribution in [0.1, 0.15) is 32.9 Å². The smallest absolute Gasteiger partial charge is 0.0764 e. The van der Waals surface area contributed by atoms with Crippen LogP contribution in [0.25, 0.3) is 0 Å². The lowest BCUT2D eigenvalue weighted by Crippen LogP contribution is -2.61. The Kier molecular flexibility index (Phi) is 3.54. The van der Waals surface area contributed by atoms with Gasteiger partial charge in [0.05, 0.1) is 5.69 Å². The van der Waals surface area contributed by atoms with E-state index in [4.69, 9.17) is 0 Å². The molecular formula is C13H24N4. The van der Waals surface area contributed by atoms with Crippen LogP contribution in [0.4, 0.5) is 0 Å². The molecule has 1 N–H and O–H groups in total. The van der Waals surface area contributed by atoms with Crippen LogP contribution in [0, 0.1) is 0 Å². The molecule has 0 aliphatic carbocycles. The summed E-state index contributed by atoms with van der Waals surface area (Å²) in [6.07, 6.45) is 3.21. The predicted molar refractivity (Wildman–Crippen MR) is 69.8 cm³/mol. The summed E-state index contributed by atoms with van der Waals surface area (Å²) < 4.78 is 1.88. The van der Waals surface area contributed by atoms with Gasteiger partial charge in [0, 0.05) is 44.5 Å². The van der Waals surface area contributed by atoms with Crippen LogP contribution < -0.4 is 5.32 Å². The Morgan fingerprint density at radius 1 is 1.53 bits per heavy atom. The van der Waals surface area contributed by atoms with Gasteiger partial charge in [-0.1, -0.05) is 6.92 Å². The topological polar surface area (TPSA) is 33.1 Å². The normalized spacial score (nSPS) is 25.1. The Labute approximate surface area is 104 Å². The molecule has 96 valence electrons. The molecule has 2 rings (SSSR count). The number of hydrogen-bond acceptors (Lipinski definition) is 3. The van der Waals surface area contributed by atoms with Gasteiger partial charge in [0.2, 0.25) is 0 Å². The summed E-state index contributed by atoms with van der Waals surface area (Å²) in [6, 6.07) is 2.74. The third-order valence-electron chi connectivity index (χ3n) is 3.54. The third kappa shape index (κ3) is 3.07. The van der Waals surface area contributed by atoms with Crippen LogP contribution >= 0.6 is 0 Å². The second kappa shape index (κ2) is 4.78. The van der Waals surface area contributed by atoms with E-state index in [-0.39, 0.29) is 5.54 Å². The van der Waals surface area contributed by atoms with E-state index in [9.17, 15) is 0 Å². The minimum atomic E-state index is 0.209. The van der Waals surface area contributed by atoms with Crippen molar-refractivity contribution in [2.45, 2.75) is 45.3 Å². The van der Waals surface area contributed by atoms with Crippen molar-refractivity contribution in [3.63, 3.8) is 0 Å². The van der Waals surface area contributed by atoms with Crippen molar-refractivity contribution in [3.05, 3.63) is 18.0 Å². The summed E-state index contributed by atoms with van der Waals surface area (Å²) in [5.41, 5.74) is 1.38. The molecule has 1 unspecified atom stereocenters. The minimum Gasteiger partial charge on any atom is -0.309 e. The lowest BCUT2D eigenvalue weighted by Gasteiger charge is -2.44. The van der Waals surface area contributed by atoms with Crippen molar-refractivity contribution < 1.29 is 0 Å². The molecule has 1 aliphatic heterocycles. The summed E-state index contributed by atoms with van der Waals surface area (Å²) in [7, 11) is 1.97. The van der Waals surface area contributed by atoms with Crippen molar-refractivity contribution in [1.82, 2.24) is 20.0 Å². The van der Waals surface area contributed by atoms with Crippen LogP contribution in [0.2, 0.25) is 0 Å². The molecule has 1 saturated heterocycles. The van der Waals surface area contributed by atoms with E-state index >= 15 is 0 Å². The highest BCUT2D eigenvalue weighted by Crippen LogP contribution is 2.19. The predicted octanol–water partition coefficient (Wildman–Crippen LogP) is 1.38. The zero-order valence-electron chi connectivity index (χ0n) is 11.4. The van der Waals surface area contributed by atoms with Gasteiger partial charge in [-0.25, -0.2) is 0 Å². The number of rotatable bonds is 3. The molecular weight excluding hydrogens is 212 g/mol. The maximum absolute atomic E-state index is 4.48. The highest BCUT2D eigenvalue weighted by atomic mass is 15.3. The monoisotopic (exact) mass is 236 g/mol. The SMILES string of the molecule is CCC1CNC(C)(C)CN1Cc1ccn(C)n1. The van der Waals surface area contributed by atoms with Crippen molar-refractivity contribution in [2.75, 3.05) is 13.1 Å². The Morgan fingerprint density at radius 2 is 2.29 bits per heavy atom. The summed E-state index contributed by atoms with van der Waals surface area (Å²) in [6.45, 7) is 9.92. The molecule has 1 fully saturated rings. The van der Waals surface area contributed by atoms with Crippen molar-refractivity contribution >= 4 is 0 Å². The lowest BCUT2D eigenvalue weighted by molar-refractivity contribution is 0.0845. The van der Waals surface area contributed by atoms with Crippen LogP contribution in [-0.2, 0) is 13.6 Å². The van der Waals surface area contributed by atoms with Gasteiger partial charge in [0.1, 0.15) is 0 Å².